The molecule has 1 aromatic heterocycles. The van der Waals surface area contributed by atoms with E-state index in [9.17, 15) is 9.18 Å². The second-order valence-electron chi connectivity index (χ2n) is 7.58. The number of hydrogen-bond donors (Lipinski definition) is 0. The normalized spacial score (nSPS) is 15.5. The summed E-state index contributed by atoms with van der Waals surface area (Å²) < 4.78 is 35.7. The summed E-state index contributed by atoms with van der Waals surface area (Å²) in [6, 6.07) is 12.8. The highest BCUT2D eigenvalue weighted by Crippen LogP contribution is 2.34. The highest BCUT2D eigenvalue weighted by molar-refractivity contribution is 5.94. The third-order valence-electron chi connectivity index (χ3n) is 5.39. The summed E-state index contributed by atoms with van der Waals surface area (Å²) in [5, 5.41) is 4.15. The Hall–Kier alpha value is -3.39. The van der Waals surface area contributed by atoms with E-state index in [0.29, 0.717) is 41.7 Å². The molecule has 1 atom stereocenters. The Morgan fingerprint density at radius 3 is 2.78 bits per heavy atom. The first-order valence-electron chi connectivity index (χ1n) is 10.4. The molecule has 1 amide bonds. The van der Waals surface area contributed by atoms with Crippen LogP contribution >= 0.6 is 0 Å². The summed E-state index contributed by atoms with van der Waals surface area (Å²) in [5.41, 5.74) is 1.53. The zero-order valence-corrected chi connectivity index (χ0v) is 18.0. The van der Waals surface area contributed by atoms with Gasteiger partial charge in [-0.15, -0.1) is 0 Å². The minimum Gasteiger partial charge on any atom is -0.497 e. The Morgan fingerprint density at radius 2 is 2.06 bits per heavy atom. The average molecular weight is 440 g/mol. The number of nitrogens with zero attached hydrogens (tertiary/aromatic N) is 2. The molecule has 0 saturated carbocycles. The molecule has 1 saturated heterocycles. The van der Waals surface area contributed by atoms with Crippen LogP contribution in [0.15, 0.2) is 53.1 Å². The van der Waals surface area contributed by atoms with Crippen molar-refractivity contribution >= 4 is 5.91 Å². The van der Waals surface area contributed by atoms with Crippen LogP contribution in [0.25, 0.3) is 11.3 Å². The fourth-order valence-corrected chi connectivity index (χ4v) is 3.77. The second-order valence-corrected chi connectivity index (χ2v) is 7.58. The molecule has 2 aromatic carbocycles. The lowest BCUT2D eigenvalue weighted by molar-refractivity contribution is 0.0502. The molecule has 32 heavy (non-hydrogen) atoms. The quantitative estimate of drug-likeness (QED) is 0.519. The van der Waals surface area contributed by atoms with Crippen LogP contribution in [0.4, 0.5) is 4.39 Å². The Bertz CT molecular complexity index is 1080. The molecule has 1 aliphatic rings. The summed E-state index contributed by atoms with van der Waals surface area (Å²) in [4.78, 5) is 14.8. The van der Waals surface area contributed by atoms with Crippen LogP contribution in [0, 0.1) is 5.82 Å². The van der Waals surface area contributed by atoms with E-state index >= 15 is 0 Å². The van der Waals surface area contributed by atoms with E-state index in [2.05, 4.69) is 5.16 Å². The van der Waals surface area contributed by atoms with Gasteiger partial charge in [0, 0.05) is 24.8 Å². The van der Waals surface area contributed by atoms with Gasteiger partial charge in [-0.3, -0.25) is 4.79 Å². The standard InChI is InChI=1S/C24H25FN2O5/c1-29-19-8-9-22(30-2)21(13-19)23-12-18(26-32-23)14-27(15-20-7-4-10-31-20)24(28)16-5-3-6-17(25)11-16/h3,5-6,8-9,11-13,20H,4,7,10,14-15H2,1-2H3. The van der Waals surface area contributed by atoms with E-state index in [-0.39, 0.29) is 24.1 Å². The molecular formula is C24H25FN2O5. The molecule has 0 radical (unpaired) electrons. The molecule has 3 aromatic rings. The fraction of sp³-hybridized carbons (Fsp3) is 0.333. The van der Waals surface area contributed by atoms with Gasteiger partial charge in [0.1, 0.15) is 23.0 Å². The molecule has 7 nitrogen and oxygen atoms in total. The minimum absolute atomic E-state index is 0.0580. The number of carbonyl (C=O) groups is 1. The van der Waals surface area contributed by atoms with Gasteiger partial charge in [0.15, 0.2) is 5.76 Å². The lowest BCUT2D eigenvalue weighted by Gasteiger charge is -2.24. The third kappa shape index (κ3) is 4.91. The van der Waals surface area contributed by atoms with E-state index < -0.39 is 5.82 Å². The van der Waals surface area contributed by atoms with Gasteiger partial charge in [0.25, 0.3) is 5.91 Å². The van der Waals surface area contributed by atoms with Crippen molar-refractivity contribution in [2.45, 2.75) is 25.5 Å². The van der Waals surface area contributed by atoms with Crippen LogP contribution in [0.2, 0.25) is 0 Å². The van der Waals surface area contributed by atoms with Crippen LogP contribution < -0.4 is 9.47 Å². The molecule has 168 valence electrons. The van der Waals surface area contributed by atoms with Gasteiger partial charge in [-0.1, -0.05) is 11.2 Å². The van der Waals surface area contributed by atoms with Gasteiger partial charge in [0.2, 0.25) is 0 Å². The lowest BCUT2D eigenvalue weighted by Crippen LogP contribution is -2.37. The smallest absolute Gasteiger partial charge is 0.254 e. The highest BCUT2D eigenvalue weighted by Gasteiger charge is 2.25. The maximum Gasteiger partial charge on any atom is 0.254 e. The van der Waals surface area contributed by atoms with Gasteiger partial charge in [-0.2, -0.15) is 0 Å². The van der Waals surface area contributed by atoms with Crippen molar-refractivity contribution in [3.05, 3.63) is 65.6 Å². The van der Waals surface area contributed by atoms with Crippen LogP contribution in [0.3, 0.4) is 0 Å². The number of amides is 1. The number of methoxy groups -OCH3 is 2. The average Bonchev–Trinajstić information content (AvgIpc) is 3.50. The van der Waals surface area contributed by atoms with Crippen LogP contribution in [-0.4, -0.2) is 49.4 Å². The number of carbonyl (C=O) groups excluding carboxylic acids is 1. The molecular weight excluding hydrogens is 415 g/mol. The van der Waals surface area contributed by atoms with Crippen molar-refractivity contribution in [1.29, 1.82) is 0 Å². The van der Waals surface area contributed by atoms with Gasteiger partial charge in [-0.05, 0) is 49.2 Å². The lowest BCUT2D eigenvalue weighted by atomic mass is 10.1. The third-order valence-corrected chi connectivity index (χ3v) is 5.39. The molecule has 1 aliphatic heterocycles. The Labute approximate surface area is 185 Å². The molecule has 8 heteroatoms. The van der Waals surface area contributed by atoms with Gasteiger partial charge in [-0.25, -0.2) is 4.39 Å². The summed E-state index contributed by atoms with van der Waals surface area (Å²) in [6.45, 7) is 1.27. The number of rotatable bonds is 8. The van der Waals surface area contributed by atoms with E-state index in [0.717, 1.165) is 12.8 Å². The molecule has 1 unspecified atom stereocenters. The van der Waals surface area contributed by atoms with Crippen molar-refractivity contribution in [2.24, 2.45) is 0 Å². The Kier molecular flexibility index (Phi) is 6.70. The van der Waals surface area contributed by atoms with Crippen LogP contribution in [0.5, 0.6) is 11.5 Å². The van der Waals surface area contributed by atoms with Crippen molar-refractivity contribution < 1.29 is 27.9 Å². The topological polar surface area (TPSA) is 74.0 Å². The number of aromatic nitrogens is 1. The number of halogens is 1. The molecule has 0 spiro atoms. The predicted octanol–water partition coefficient (Wildman–Crippen LogP) is 4.32. The number of hydrogen-bond acceptors (Lipinski definition) is 6. The largest absolute Gasteiger partial charge is 0.497 e. The van der Waals surface area contributed by atoms with Crippen molar-refractivity contribution in [3.8, 4) is 22.8 Å². The van der Waals surface area contributed by atoms with Gasteiger partial charge < -0.3 is 23.6 Å². The highest BCUT2D eigenvalue weighted by atomic mass is 19.1. The van der Waals surface area contributed by atoms with Crippen LogP contribution in [-0.2, 0) is 11.3 Å². The van der Waals surface area contributed by atoms with Crippen molar-refractivity contribution in [3.63, 3.8) is 0 Å². The van der Waals surface area contributed by atoms with Crippen LogP contribution in [0.1, 0.15) is 28.9 Å². The summed E-state index contributed by atoms with van der Waals surface area (Å²) in [6.07, 6.45) is 1.77. The molecule has 0 aliphatic carbocycles. The van der Waals surface area contributed by atoms with E-state index in [1.165, 1.54) is 18.2 Å². The molecule has 0 bridgehead atoms. The van der Waals surface area contributed by atoms with E-state index in [4.69, 9.17) is 18.7 Å². The molecule has 2 heterocycles. The Balaban J connectivity index is 1.59. The summed E-state index contributed by atoms with van der Waals surface area (Å²) >= 11 is 0. The first-order valence-corrected chi connectivity index (χ1v) is 10.4. The number of ether oxygens (including phenoxy) is 3. The van der Waals surface area contributed by atoms with Gasteiger partial charge in [0.05, 0.1) is 32.4 Å². The van der Waals surface area contributed by atoms with E-state index in [1.807, 2.05) is 0 Å². The first kappa shape index (κ1) is 21.8. The number of benzene rings is 2. The first-order chi connectivity index (χ1) is 15.6. The van der Waals surface area contributed by atoms with E-state index in [1.54, 1.807) is 49.5 Å². The molecule has 0 N–H and O–H groups in total. The monoisotopic (exact) mass is 440 g/mol. The molecule has 1 fully saturated rings. The SMILES string of the molecule is COc1ccc(OC)c(-c2cc(CN(CC3CCCO3)C(=O)c3cccc(F)c3)no2)c1. The Morgan fingerprint density at radius 1 is 1.19 bits per heavy atom. The maximum absolute atomic E-state index is 13.7. The molecule has 4 rings (SSSR count). The summed E-state index contributed by atoms with van der Waals surface area (Å²) in [7, 11) is 3.15. The van der Waals surface area contributed by atoms with Gasteiger partial charge >= 0.3 is 0 Å². The fourth-order valence-electron chi connectivity index (χ4n) is 3.77. The predicted molar refractivity (Wildman–Crippen MR) is 115 cm³/mol. The van der Waals surface area contributed by atoms with Crippen molar-refractivity contribution in [2.75, 3.05) is 27.4 Å². The second kappa shape index (κ2) is 9.82. The minimum atomic E-state index is -0.457. The van der Waals surface area contributed by atoms with Crippen molar-refractivity contribution in [1.82, 2.24) is 10.1 Å². The maximum atomic E-state index is 13.7. The summed E-state index contributed by atoms with van der Waals surface area (Å²) in [5.74, 6) is 1.01. The zero-order valence-electron chi connectivity index (χ0n) is 18.0. The zero-order chi connectivity index (χ0) is 22.5.